The first-order valence-electron chi connectivity index (χ1n) is 28.0. The Kier molecular flexibility index (Phi) is 12.7. The number of nitrogens with two attached hydrogens (primary N) is 1. The zero-order chi connectivity index (χ0) is 51.9. The van der Waals surface area contributed by atoms with Gasteiger partial charge in [-0.05, 0) is 127 Å². The van der Waals surface area contributed by atoms with Crippen LogP contribution in [-0.2, 0) is 9.53 Å². The lowest BCUT2D eigenvalue weighted by atomic mass is 9.27. The number of ketones is 1. The smallest absolute Gasteiger partial charge is 0.186 e. The Morgan fingerprint density at radius 1 is 0.973 bits per heavy atom. The Bertz CT molecular complexity index is 2460. The number of aliphatic hydroxyl groups is 10. The standard InChI is InChI=1S/C58H83N3O12/c1-4-8-34-12-14-36-42(16-13-34)73-49-45(36)39(65)11-6-20-58(49,72)50(3,69)43-18-21-57(71)47-46(60-29-33(2)64)48(68)52-19-5-9-35(30-63)55(43,57)32-54(70)24-22-51(37-15-17-44(59)61-38(37)10-7-26-62)23-25-56(47,54)53(52,31-51)28-41(67)40(66)27-52/h15,17,22-25,33-36,39-45,49,60-67,69-72H,4,6-8,10-14,16,18-21,26-32,59H2,1-3H3. The molecule has 13 aliphatic rings. The number of dihydropyridines is 1. The normalized spacial score (nSPS) is 50.4. The molecule has 6 fully saturated rings. The minimum Gasteiger partial charge on any atom is -0.396 e. The fourth-order valence-electron chi connectivity index (χ4n) is 19.2. The van der Waals surface area contributed by atoms with Crippen molar-refractivity contribution in [1.82, 2.24) is 10.6 Å². The topological polar surface area (TPSA) is 279 Å². The minimum atomic E-state index is -2.16. The van der Waals surface area contributed by atoms with Gasteiger partial charge in [0.05, 0.1) is 88.6 Å². The lowest BCUT2D eigenvalue weighted by molar-refractivity contribution is -0.288. The summed E-state index contributed by atoms with van der Waals surface area (Å²) in [5.41, 5.74) is -7.93. The maximum absolute atomic E-state index is 16.5. The quantitative estimate of drug-likeness (QED) is 0.0989. The number of hydrogen-bond donors (Lipinski definition) is 13. The first-order chi connectivity index (χ1) is 34.6. The van der Waals surface area contributed by atoms with Crippen molar-refractivity contribution in [3.05, 3.63) is 59.0 Å². The van der Waals surface area contributed by atoms with Gasteiger partial charge in [-0.3, -0.25) is 4.79 Å². The lowest BCUT2D eigenvalue weighted by Crippen LogP contribution is -2.80. The molecule has 0 aromatic heterocycles. The van der Waals surface area contributed by atoms with Gasteiger partial charge in [0.25, 0.3) is 0 Å². The third-order valence-electron chi connectivity index (χ3n) is 22.2. The molecule has 2 heterocycles. The number of nitrogens with one attached hydrogen (secondary N) is 2. The summed E-state index contributed by atoms with van der Waals surface area (Å²) in [4.78, 5) is 16.5. The van der Waals surface area contributed by atoms with Crippen LogP contribution in [0, 0.1) is 68.5 Å². The molecule has 7 bridgehead atoms. The predicted octanol–water partition coefficient (Wildman–Crippen LogP) is 2.55. The van der Waals surface area contributed by atoms with Crippen LogP contribution in [0.25, 0.3) is 0 Å². The highest BCUT2D eigenvalue weighted by atomic mass is 16.5. The van der Waals surface area contributed by atoms with Gasteiger partial charge < -0.3 is 72.2 Å². The summed E-state index contributed by atoms with van der Waals surface area (Å²) in [7, 11) is 0. The Morgan fingerprint density at radius 2 is 1.73 bits per heavy atom. The first kappa shape index (κ1) is 52.1. The lowest BCUT2D eigenvalue weighted by Gasteiger charge is -2.76. The molecule has 21 unspecified atom stereocenters. The molecule has 15 heteroatoms. The number of carbonyl (C=O) groups is 1. The van der Waals surface area contributed by atoms with E-state index in [-0.39, 0.29) is 87.8 Å². The minimum absolute atomic E-state index is 0.0247. The van der Waals surface area contributed by atoms with Crippen molar-refractivity contribution in [1.29, 1.82) is 0 Å². The molecule has 14 N–H and O–H groups in total. The maximum Gasteiger partial charge on any atom is 0.186 e. The summed E-state index contributed by atoms with van der Waals surface area (Å²) in [6.07, 6.45) is 11.9. The summed E-state index contributed by atoms with van der Waals surface area (Å²) >= 11 is 0. The second-order valence-corrected chi connectivity index (χ2v) is 25.5. The van der Waals surface area contributed by atoms with Crippen LogP contribution in [-0.4, -0.2) is 142 Å². The highest BCUT2D eigenvalue weighted by molar-refractivity contribution is 6.04. The van der Waals surface area contributed by atoms with Crippen LogP contribution in [0.5, 0.6) is 0 Å². The number of rotatable bonds is 12. The summed E-state index contributed by atoms with van der Waals surface area (Å²) in [5.74, 6) is 4.02. The zero-order valence-corrected chi connectivity index (χ0v) is 43.1. The van der Waals surface area contributed by atoms with Crippen molar-refractivity contribution in [3.8, 4) is 11.8 Å². The van der Waals surface area contributed by atoms with E-state index < -0.39 is 116 Å². The number of fused-ring (bicyclic) bond motifs is 6. The van der Waals surface area contributed by atoms with Crippen LogP contribution in [0.15, 0.2) is 59.0 Å². The molecular weight excluding hydrogens is 931 g/mol. The van der Waals surface area contributed by atoms with Gasteiger partial charge in [-0.15, -0.1) is 5.92 Å². The van der Waals surface area contributed by atoms with E-state index in [1.165, 1.54) is 0 Å². The van der Waals surface area contributed by atoms with Crippen molar-refractivity contribution < 1.29 is 60.6 Å². The van der Waals surface area contributed by atoms with Crippen molar-refractivity contribution in [2.45, 2.75) is 202 Å². The molecule has 73 heavy (non-hydrogen) atoms. The van der Waals surface area contributed by atoms with Gasteiger partial charge in [-0.25, -0.2) is 0 Å². The largest absolute Gasteiger partial charge is 0.396 e. The molecule has 1 saturated heterocycles. The molecule has 15 nitrogen and oxygen atoms in total. The Hall–Kier alpha value is -2.95. The zero-order valence-electron chi connectivity index (χ0n) is 43.1. The van der Waals surface area contributed by atoms with Gasteiger partial charge in [-0.2, -0.15) is 0 Å². The van der Waals surface area contributed by atoms with E-state index >= 15 is 4.79 Å². The summed E-state index contributed by atoms with van der Waals surface area (Å²) in [6, 6.07) is 0. The first-order valence-corrected chi connectivity index (χ1v) is 28.0. The van der Waals surface area contributed by atoms with Gasteiger partial charge in [0.15, 0.2) is 5.78 Å². The number of allylic oxidation sites excluding steroid dienone is 6. The molecule has 4 spiro atoms. The number of ether oxygens (including phenoxy) is 1. The summed E-state index contributed by atoms with van der Waals surface area (Å²) < 4.78 is 7.07. The van der Waals surface area contributed by atoms with E-state index in [4.69, 9.17) is 10.5 Å². The number of carbonyl (C=O) groups excluding carboxylic acids is 1. The van der Waals surface area contributed by atoms with E-state index in [1.54, 1.807) is 19.9 Å². The third-order valence-corrected chi connectivity index (χ3v) is 22.2. The van der Waals surface area contributed by atoms with Crippen LogP contribution in [0.1, 0.15) is 136 Å². The summed E-state index contributed by atoms with van der Waals surface area (Å²) in [6.45, 7) is 4.55. The molecule has 11 aliphatic carbocycles. The van der Waals surface area contributed by atoms with E-state index in [9.17, 15) is 51.1 Å². The molecule has 13 rings (SSSR count). The Labute approximate surface area is 430 Å². The number of Topliss-reactive ketones (excluding diaryl/α,β-unsaturated/α-hetero) is 1. The van der Waals surface area contributed by atoms with Crippen LogP contribution in [0.3, 0.4) is 0 Å². The molecule has 402 valence electrons. The highest BCUT2D eigenvalue weighted by Crippen LogP contribution is 2.85. The Balaban J connectivity index is 1.17. The van der Waals surface area contributed by atoms with E-state index in [0.29, 0.717) is 31.6 Å². The van der Waals surface area contributed by atoms with Crippen LogP contribution in [0.2, 0.25) is 0 Å². The fraction of sp³-hybridized carbons (Fsp3) is 0.776. The van der Waals surface area contributed by atoms with Gasteiger partial charge in [0.2, 0.25) is 0 Å². The number of hydrogen-bond acceptors (Lipinski definition) is 15. The summed E-state index contributed by atoms with van der Waals surface area (Å²) in [5, 5.41) is 133. The molecule has 0 amide bonds. The van der Waals surface area contributed by atoms with Crippen LogP contribution in [0.4, 0.5) is 0 Å². The van der Waals surface area contributed by atoms with Gasteiger partial charge in [0.1, 0.15) is 5.60 Å². The Morgan fingerprint density at radius 3 is 2.47 bits per heavy atom. The van der Waals surface area contributed by atoms with Gasteiger partial charge in [0, 0.05) is 58.9 Å². The van der Waals surface area contributed by atoms with Gasteiger partial charge >= 0.3 is 0 Å². The molecular formula is C58H83N3O12. The average molecular weight is 1010 g/mol. The molecule has 0 aromatic rings. The second-order valence-electron chi connectivity index (χ2n) is 25.5. The van der Waals surface area contributed by atoms with E-state index in [1.807, 2.05) is 30.4 Å². The van der Waals surface area contributed by atoms with Crippen LogP contribution >= 0.6 is 0 Å². The highest BCUT2D eigenvalue weighted by Gasteiger charge is 2.87. The molecule has 2 aliphatic heterocycles. The molecule has 5 saturated carbocycles. The third kappa shape index (κ3) is 6.71. The van der Waals surface area contributed by atoms with Crippen molar-refractivity contribution >= 4 is 5.78 Å². The second kappa shape index (κ2) is 17.8. The van der Waals surface area contributed by atoms with E-state index in [0.717, 1.165) is 49.8 Å². The SMILES string of the molecule is CCCC1CCC2OC3C(C(O)CCCC3(O)C(C)(O)C3CCC4(O)C5=C(NCC(C)O)C(=O)C67CC#CC(CO)C34CC3(O)C=CC4(C8=C(CCCO)NC(N)C=C8)C=CC53C6(CC(O)C(O)C7)C4)C2CC1. The molecule has 0 radical (unpaired) electrons. The van der Waals surface area contributed by atoms with Crippen molar-refractivity contribution in [2.75, 3.05) is 19.8 Å². The average Bonchev–Trinajstić information content (AvgIpc) is 3.66. The predicted molar refractivity (Wildman–Crippen MR) is 270 cm³/mol. The van der Waals surface area contributed by atoms with E-state index in [2.05, 4.69) is 29.4 Å². The molecule has 0 aromatic carbocycles. The fourth-order valence-corrected chi connectivity index (χ4v) is 19.2. The number of aliphatic hydroxyl groups excluding tert-OH is 6. The van der Waals surface area contributed by atoms with Gasteiger partial charge in [-0.1, -0.05) is 62.5 Å². The van der Waals surface area contributed by atoms with Crippen molar-refractivity contribution in [3.63, 3.8) is 0 Å². The van der Waals surface area contributed by atoms with Crippen molar-refractivity contribution in [2.24, 2.45) is 62.4 Å². The monoisotopic (exact) mass is 1010 g/mol. The molecule has 21 atom stereocenters. The maximum atomic E-state index is 16.5. The van der Waals surface area contributed by atoms with Crippen LogP contribution < -0.4 is 16.4 Å².